The number of fused-ring (bicyclic) bond motifs is 5. The summed E-state index contributed by atoms with van der Waals surface area (Å²) in [6.45, 7) is 3.85. The van der Waals surface area contributed by atoms with E-state index in [9.17, 15) is 14.4 Å². The van der Waals surface area contributed by atoms with Crippen molar-refractivity contribution in [2.75, 3.05) is 4.90 Å². The number of ether oxygens (including phenoxy) is 1. The maximum atomic E-state index is 13.0. The fraction of sp³-hybridized carbons (Fsp3) is 0.292. The largest absolute Gasteiger partial charge is 0.423 e. The molecule has 0 radical (unpaired) electrons. The van der Waals surface area contributed by atoms with Gasteiger partial charge in [-0.1, -0.05) is 30.4 Å². The Balaban J connectivity index is 1.42. The van der Waals surface area contributed by atoms with Gasteiger partial charge < -0.3 is 4.74 Å². The predicted octanol–water partition coefficient (Wildman–Crippen LogP) is 3.83. The summed E-state index contributed by atoms with van der Waals surface area (Å²) in [5.74, 6) is -0.528. The molecule has 1 heterocycles. The number of benzene rings is 2. The molecule has 0 aromatic heterocycles. The Labute approximate surface area is 169 Å². The van der Waals surface area contributed by atoms with Crippen molar-refractivity contribution in [2.24, 2.45) is 23.7 Å². The van der Waals surface area contributed by atoms with Crippen LogP contribution in [0.4, 0.5) is 5.69 Å². The van der Waals surface area contributed by atoms with Gasteiger partial charge in [-0.2, -0.15) is 0 Å². The van der Waals surface area contributed by atoms with Crippen molar-refractivity contribution in [1.29, 1.82) is 0 Å². The van der Waals surface area contributed by atoms with E-state index < -0.39 is 5.97 Å². The summed E-state index contributed by atoms with van der Waals surface area (Å²) in [6.07, 6.45) is 5.03. The second-order valence-electron chi connectivity index (χ2n) is 8.15. The molecule has 2 amide bonds. The van der Waals surface area contributed by atoms with Gasteiger partial charge in [0, 0.05) is 0 Å². The Morgan fingerprint density at radius 3 is 2.31 bits per heavy atom. The fourth-order valence-electron chi connectivity index (χ4n) is 4.92. The minimum absolute atomic E-state index is 0.156. The van der Waals surface area contributed by atoms with Crippen LogP contribution in [-0.4, -0.2) is 17.8 Å². The molecule has 146 valence electrons. The van der Waals surface area contributed by atoms with Crippen LogP contribution in [0.3, 0.4) is 0 Å². The molecule has 1 aliphatic heterocycles. The van der Waals surface area contributed by atoms with Crippen LogP contribution in [0.15, 0.2) is 54.6 Å². The topological polar surface area (TPSA) is 63.7 Å². The van der Waals surface area contributed by atoms with Gasteiger partial charge in [0.1, 0.15) is 5.75 Å². The number of hydrogen-bond donors (Lipinski definition) is 0. The number of aryl methyl sites for hydroxylation is 1. The number of imide groups is 1. The van der Waals surface area contributed by atoms with E-state index >= 15 is 0 Å². The van der Waals surface area contributed by atoms with E-state index in [1.54, 1.807) is 30.3 Å². The van der Waals surface area contributed by atoms with Crippen LogP contribution >= 0.6 is 0 Å². The second kappa shape index (κ2) is 6.41. The van der Waals surface area contributed by atoms with E-state index in [-0.39, 0.29) is 35.5 Å². The van der Waals surface area contributed by atoms with E-state index in [0.29, 0.717) is 17.0 Å². The van der Waals surface area contributed by atoms with Crippen LogP contribution in [0.5, 0.6) is 5.75 Å². The number of rotatable bonds is 3. The Bertz CT molecular complexity index is 1060. The quantitative estimate of drug-likeness (QED) is 0.347. The highest BCUT2D eigenvalue weighted by atomic mass is 16.5. The van der Waals surface area contributed by atoms with Crippen molar-refractivity contribution in [3.63, 3.8) is 0 Å². The predicted molar refractivity (Wildman–Crippen MR) is 108 cm³/mol. The molecule has 4 atom stereocenters. The van der Waals surface area contributed by atoms with E-state index in [4.69, 9.17) is 4.74 Å². The number of nitrogens with zero attached hydrogens (tertiary/aromatic N) is 1. The molecule has 2 bridgehead atoms. The third kappa shape index (κ3) is 2.64. The van der Waals surface area contributed by atoms with Gasteiger partial charge in [-0.3, -0.25) is 9.59 Å². The minimum atomic E-state index is -0.512. The number of anilines is 1. The van der Waals surface area contributed by atoms with E-state index in [0.717, 1.165) is 17.5 Å². The fourth-order valence-corrected chi connectivity index (χ4v) is 4.92. The van der Waals surface area contributed by atoms with Gasteiger partial charge in [-0.15, -0.1) is 0 Å². The SMILES string of the molecule is Cc1cccc(OC(=O)c2cccc(N3C(=O)[C@@H]4[C@H](C3=O)[C@@H]3C=C[C@H]4C3)c2)c1C. The standard InChI is InChI=1S/C24H21NO4/c1-13-5-3-8-19(14(13)2)29-24(28)17-6-4-7-18(12-17)25-22(26)20-15-9-10-16(11-15)21(20)23(25)27/h3-10,12,15-16,20-21H,11H2,1-2H3/t15-,16+,20-,21+. The van der Waals surface area contributed by atoms with Gasteiger partial charge >= 0.3 is 5.97 Å². The first-order valence-electron chi connectivity index (χ1n) is 9.90. The third-order valence-corrected chi connectivity index (χ3v) is 6.57. The molecule has 2 fully saturated rings. The molecule has 0 unspecified atom stereocenters. The first-order chi connectivity index (χ1) is 14.0. The highest BCUT2D eigenvalue weighted by Gasteiger charge is 2.59. The summed E-state index contributed by atoms with van der Waals surface area (Å²) in [5, 5.41) is 0. The summed E-state index contributed by atoms with van der Waals surface area (Å²) in [4.78, 5) is 40.0. The summed E-state index contributed by atoms with van der Waals surface area (Å²) in [5.41, 5.74) is 2.68. The zero-order valence-electron chi connectivity index (χ0n) is 16.3. The number of esters is 1. The molecule has 2 aliphatic carbocycles. The molecule has 1 saturated carbocycles. The third-order valence-electron chi connectivity index (χ3n) is 6.57. The van der Waals surface area contributed by atoms with Crippen LogP contribution in [0.2, 0.25) is 0 Å². The molecule has 2 aromatic carbocycles. The molecular weight excluding hydrogens is 366 g/mol. The van der Waals surface area contributed by atoms with Crippen LogP contribution in [0.1, 0.15) is 27.9 Å². The molecule has 5 heteroatoms. The summed E-state index contributed by atoms with van der Waals surface area (Å²) in [7, 11) is 0. The van der Waals surface area contributed by atoms with Crippen molar-refractivity contribution in [1.82, 2.24) is 0 Å². The lowest BCUT2D eigenvalue weighted by Crippen LogP contribution is -2.33. The van der Waals surface area contributed by atoms with Crippen molar-refractivity contribution < 1.29 is 19.1 Å². The number of allylic oxidation sites excluding steroid dienone is 2. The van der Waals surface area contributed by atoms with Crippen LogP contribution in [-0.2, 0) is 9.59 Å². The summed E-state index contributed by atoms with van der Waals surface area (Å²) < 4.78 is 5.56. The van der Waals surface area contributed by atoms with E-state index in [1.165, 1.54) is 4.90 Å². The lowest BCUT2D eigenvalue weighted by molar-refractivity contribution is -0.123. The number of amides is 2. The summed E-state index contributed by atoms with van der Waals surface area (Å²) in [6, 6.07) is 12.1. The molecule has 0 N–H and O–H groups in total. The zero-order valence-corrected chi connectivity index (χ0v) is 16.3. The molecule has 1 saturated heterocycles. The van der Waals surface area contributed by atoms with Crippen molar-refractivity contribution in [2.45, 2.75) is 20.3 Å². The van der Waals surface area contributed by atoms with E-state index in [1.807, 2.05) is 26.0 Å². The normalized spacial score (nSPS) is 26.9. The zero-order chi connectivity index (χ0) is 20.3. The number of carbonyl (C=O) groups is 3. The van der Waals surface area contributed by atoms with Crippen molar-refractivity contribution in [3.8, 4) is 5.75 Å². The van der Waals surface area contributed by atoms with Crippen molar-refractivity contribution in [3.05, 3.63) is 71.3 Å². The maximum absolute atomic E-state index is 13.0. The molecule has 5 rings (SSSR count). The van der Waals surface area contributed by atoms with Gasteiger partial charge in [0.25, 0.3) is 0 Å². The highest BCUT2D eigenvalue weighted by molar-refractivity contribution is 6.23. The average Bonchev–Trinajstić information content (AvgIpc) is 3.39. The molecule has 3 aliphatic rings. The first kappa shape index (κ1) is 17.9. The van der Waals surface area contributed by atoms with Crippen molar-refractivity contribution >= 4 is 23.5 Å². The van der Waals surface area contributed by atoms with Gasteiger partial charge in [-0.05, 0) is 67.5 Å². The van der Waals surface area contributed by atoms with Crippen LogP contribution in [0.25, 0.3) is 0 Å². The second-order valence-corrected chi connectivity index (χ2v) is 8.15. The van der Waals surface area contributed by atoms with Gasteiger partial charge in [-0.25, -0.2) is 9.69 Å². The number of carbonyl (C=O) groups excluding carboxylic acids is 3. The molecule has 2 aromatic rings. The molecule has 29 heavy (non-hydrogen) atoms. The number of hydrogen-bond acceptors (Lipinski definition) is 4. The smallest absolute Gasteiger partial charge is 0.343 e. The molecule has 0 spiro atoms. The van der Waals surface area contributed by atoms with Crippen LogP contribution < -0.4 is 9.64 Å². The summed E-state index contributed by atoms with van der Waals surface area (Å²) >= 11 is 0. The van der Waals surface area contributed by atoms with Gasteiger partial charge in [0.2, 0.25) is 11.8 Å². The monoisotopic (exact) mass is 387 g/mol. The average molecular weight is 387 g/mol. The molecular formula is C24H21NO4. The van der Waals surface area contributed by atoms with Gasteiger partial charge in [0.15, 0.2) is 0 Å². The lowest BCUT2D eigenvalue weighted by Gasteiger charge is -2.18. The minimum Gasteiger partial charge on any atom is -0.423 e. The van der Waals surface area contributed by atoms with E-state index in [2.05, 4.69) is 12.2 Å². The Kier molecular flexibility index (Phi) is 3.95. The van der Waals surface area contributed by atoms with Crippen LogP contribution in [0, 0.1) is 37.5 Å². The Morgan fingerprint density at radius 1 is 0.966 bits per heavy atom. The highest BCUT2D eigenvalue weighted by Crippen LogP contribution is 2.53. The molecule has 5 nitrogen and oxygen atoms in total. The first-order valence-corrected chi connectivity index (χ1v) is 9.90. The Morgan fingerprint density at radius 2 is 1.62 bits per heavy atom. The van der Waals surface area contributed by atoms with Gasteiger partial charge in [0.05, 0.1) is 23.1 Å². The lowest BCUT2D eigenvalue weighted by atomic mass is 9.85. The Hall–Kier alpha value is -3.21. The maximum Gasteiger partial charge on any atom is 0.343 e.